The number of nitriles is 1. The van der Waals surface area contributed by atoms with Gasteiger partial charge in [-0.25, -0.2) is 0 Å². The second-order valence-electron chi connectivity index (χ2n) is 4.02. The number of benzene rings is 1. The molecule has 1 aromatic rings. The summed E-state index contributed by atoms with van der Waals surface area (Å²) in [6, 6.07) is 7.67. The highest BCUT2D eigenvalue weighted by Gasteiger charge is 2.06. The fraction of sp³-hybridized carbons (Fsp3) is 0.462. The zero-order valence-electron chi connectivity index (χ0n) is 10.0. The average molecular weight is 217 g/mol. The summed E-state index contributed by atoms with van der Waals surface area (Å²) in [7, 11) is 2.02. The van der Waals surface area contributed by atoms with Crippen LogP contribution in [-0.2, 0) is 0 Å². The van der Waals surface area contributed by atoms with Crippen LogP contribution < -0.4 is 10.6 Å². The third-order valence-corrected chi connectivity index (χ3v) is 2.65. The molecule has 0 atom stereocenters. The highest BCUT2D eigenvalue weighted by atomic mass is 15.1. The number of unbranched alkanes of at least 4 members (excludes halogenated alkanes) is 2. The molecule has 0 heterocycles. The fourth-order valence-corrected chi connectivity index (χ4v) is 1.70. The van der Waals surface area contributed by atoms with Crippen molar-refractivity contribution in [1.29, 1.82) is 5.26 Å². The Morgan fingerprint density at radius 2 is 2.12 bits per heavy atom. The van der Waals surface area contributed by atoms with Crippen molar-refractivity contribution in [3.8, 4) is 6.07 Å². The minimum atomic E-state index is 0.641. The van der Waals surface area contributed by atoms with E-state index in [1.807, 2.05) is 19.2 Å². The van der Waals surface area contributed by atoms with Gasteiger partial charge in [0.1, 0.15) is 6.07 Å². The molecule has 0 unspecified atom stereocenters. The maximum Gasteiger partial charge on any atom is 0.101 e. The minimum absolute atomic E-state index is 0.641. The molecule has 0 amide bonds. The SMILES string of the molecule is CCCCCN(C)c1ccc(N)cc1C#N. The summed E-state index contributed by atoms with van der Waals surface area (Å²) in [5, 5.41) is 9.03. The van der Waals surface area contributed by atoms with Crippen LogP contribution >= 0.6 is 0 Å². The van der Waals surface area contributed by atoms with Crippen LogP contribution in [-0.4, -0.2) is 13.6 Å². The topological polar surface area (TPSA) is 53.0 Å². The summed E-state index contributed by atoms with van der Waals surface area (Å²) < 4.78 is 0. The number of rotatable bonds is 5. The summed E-state index contributed by atoms with van der Waals surface area (Å²) in [5.41, 5.74) is 7.91. The summed E-state index contributed by atoms with van der Waals surface area (Å²) in [6.07, 6.45) is 3.59. The summed E-state index contributed by atoms with van der Waals surface area (Å²) >= 11 is 0. The van der Waals surface area contributed by atoms with Gasteiger partial charge in [0.2, 0.25) is 0 Å². The quantitative estimate of drug-likeness (QED) is 0.609. The van der Waals surface area contributed by atoms with E-state index in [2.05, 4.69) is 17.9 Å². The van der Waals surface area contributed by atoms with E-state index in [0.29, 0.717) is 11.3 Å². The Balaban J connectivity index is 2.75. The zero-order valence-corrected chi connectivity index (χ0v) is 10.0. The Kier molecular flexibility index (Phi) is 4.65. The maximum absolute atomic E-state index is 9.03. The molecular weight excluding hydrogens is 198 g/mol. The van der Waals surface area contributed by atoms with Crippen molar-refractivity contribution in [2.45, 2.75) is 26.2 Å². The fourth-order valence-electron chi connectivity index (χ4n) is 1.70. The molecule has 1 aromatic carbocycles. The van der Waals surface area contributed by atoms with Crippen molar-refractivity contribution in [3.63, 3.8) is 0 Å². The molecule has 16 heavy (non-hydrogen) atoms. The number of hydrogen-bond donors (Lipinski definition) is 1. The van der Waals surface area contributed by atoms with Gasteiger partial charge in [0, 0.05) is 19.3 Å². The van der Waals surface area contributed by atoms with Crippen LogP contribution in [0.15, 0.2) is 18.2 Å². The summed E-state index contributed by atoms with van der Waals surface area (Å²) in [4.78, 5) is 2.12. The van der Waals surface area contributed by atoms with Gasteiger partial charge in [-0.05, 0) is 24.6 Å². The molecule has 0 aliphatic heterocycles. The molecule has 0 spiro atoms. The summed E-state index contributed by atoms with van der Waals surface area (Å²) in [5.74, 6) is 0. The normalized spacial score (nSPS) is 9.81. The van der Waals surface area contributed by atoms with E-state index < -0.39 is 0 Å². The van der Waals surface area contributed by atoms with Crippen molar-refractivity contribution in [3.05, 3.63) is 23.8 Å². The van der Waals surface area contributed by atoms with Crippen molar-refractivity contribution < 1.29 is 0 Å². The number of nitrogens with zero attached hydrogens (tertiary/aromatic N) is 2. The lowest BCUT2D eigenvalue weighted by atomic mass is 10.1. The van der Waals surface area contributed by atoms with E-state index in [9.17, 15) is 0 Å². The van der Waals surface area contributed by atoms with Gasteiger partial charge in [-0.1, -0.05) is 19.8 Å². The molecule has 86 valence electrons. The Hall–Kier alpha value is -1.69. The van der Waals surface area contributed by atoms with Crippen LogP contribution in [0.3, 0.4) is 0 Å². The van der Waals surface area contributed by atoms with Gasteiger partial charge in [-0.3, -0.25) is 0 Å². The molecule has 0 aromatic heterocycles. The predicted molar refractivity (Wildman–Crippen MR) is 68.4 cm³/mol. The van der Waals surface area contributed by atoms with Crippen LogP contribution in [0.1, 0.15) is 31.7 Å². The predicted octanol–water partition coefficient (Wildman–Crippen LogP) is 2.77. The number of nitrogen functional groups attached to an aromatic ring is 1. The molecule has 0 radical (unpaired) electrons. The van der Waals surface area contributed by atoms with E-state index in [4.69, 9.17) is 11.0 Å². The van der Waals surface area contributed by atoms with Crippen molar-refractivity contribution >= 4 is 11.4 Å². The first-order chi connectivity index (χ1) is 7.69. The van der Waals surface area contributed by atoms with Gasteiger partial charge >= 0.3 is 0 Å². The average Bonchev–Trinajstić information content (AvgIpc) is 2.29. The first-order valence-electron chi connectivity index (χ1n) is 5.69. The molecule has 0 saturated carbocycles. The Labute approximate surface area is 97.5 Å². The van der Waals surface area contributed by atoms with Gasteiger partial charge in [0.05, 0.1) is 11.3 Å². The molecule has 3 heteroatoms. The molecule has 3 nitrogen and oxygen atoms in total. The molecular formula is C13H19N3. The van der Waals surface area contributed by atoms with Crippen molar-refractivity contribution in [2.75, 3.05) is 24.2 Å². The van der Waals surface area contributed by atoms with Crippen LogP contribution in [0, 0.1) is 11.3 Å². The van der Waals surface area contributed by atoms with E-state index in [1.165, 1.54) is 12.8 Å². The Morgan fingerprint density at radius 3 is 2.75 bits per heavy atom. The number of hydrogen-bond acceptors (Lipinski definition) is 3. The van der Waals surface area contributed by atoms with Gasteiger partial charge in [0.25, 0.3) is 0 Å². The van der Waals surface area contributed by atoms with E-state index >= 15 is 0 Å². The lowest BCUT2D eigenvalue weighted by molar-refractivity contribution is 0.705. The van der Waals surface area contributed by atoms with Crippen molar-refractivity contribution in [1.82, 2.24) is 0 Å². The van der Waals surface area contributed by atoms with Gasteiger partial charge < -0.3 is 10.6 Å². The smallest absolute Gasteiger partial charge is 0.101 e. The third kappa shape index (κ3) is 3.16. The first-order valence-corrected chi connectivity index (χ1v) is 5.69. The Morgan fingerprint density at radius 1 is 1.38 bits per heavy atom. The third-order valence-electron chi connectivity index (χ3n) is 2.65. The summed E-state index contributed by atoms with van der Waals surface area (Å²) in [6.45, 7) is 3.16. The van der Waals surface area contributed by atoms with E-state index in [-0.39, 0.29) is 0 Å². The standard InChI is InChI=1S/C13H19N3/c1-3-4-5-8-16(2)13-7-6-12(15)9-11(13)10-14/h6-7,9H,3-5,8,15H2,1-2H3. The molecule has 2 N–H and O–H groups in total. The number of anilines is 2. The lowest BCUT2D eigenvalue weighted by Gasteiger charge is -2.20. The lowest BCUT2D eigenvalue weighted by Crippen LogP contribution is -2.19. The maximum atomic E-state index is 9.03. The number of nitrogens with two attached hydrogens (primary N) is 1. The molecule has 0 fully saturated rings. The van der Waals surface area contributed by atoms with Crippen LogP contribution in [0.5, 0.6) is 0 Å². The molecule has 0 saturated heterocycles. The highest BCUT2D eigenvalue weighted by molar-refractivity contribution is 5.63. The van der Waals surface area contributed by atoms with Gasteiger partial charge in [-0.2, -0.15) is 5.26 Å². The van der Waals surface area contributed by atoms with Gasteiger partial charge in [0.15, 0.2) is 0 Å². The van der Waals surface area contributed by atoms with E-state index in [1.54, 1.807) is 6.07 Å². The molecule has 0 aliphatic carbocycles. The van der Waals surface area contributed by atoms with Crippen LogP contribution in [0.25, 0.3) is 0 Å². The molecule has 0 aliphatic rings. The van der Waals surface area contributed by atoms with Gasteiger partial charge in [-0.15, -0.1) is 0 Å². The minimum Gasteiger partial charge on any atom is -0.399 e. The molecule has 1 rings (SSSR count). The second-order valence-corrected chi connectivity index (χ2v) is 4.02. The molecule has 0 bridgehead atoms. The monoisotopic (exact) mass is 217 g/mol. The Bertz CT molecular complexity index is 379. The zero-order chi connectivity index (χ0) is 12.0. The van der Waals surface area contributed by atoms with E-state index in [0.717, 1.165) is 18.7 Å². The second kappa shape index (κ2) is 6.02. The van der Waals surface area contributed by atoms with Crippen LogP contribution in [0.2, 0.25) is 0 Å². The highest BCUT2D eigenvalue weighted by Crippen LogP contribution is 2.21. The first kappa shape index (κ1) is 12.4. The largest absolute Gasteiger partial charge is 0.399 e. The van der Waals surface area contributed by atoms with Crippen molar-refractivity contribution in [2.24, 2.45) is 0 Å². The van der Waals surface area contributed by atoms with Crippen LogP contribution in [0.4, 0.5) is 11.4 Å².